The molecule has 1 rings (SSSR count). The van der Waals surface area contributed by atoms with Gasteiger partial charge in [-0.3, -0.25) is 0 Å². The van der Waals surface area contributed by atoms with Gasteiger partial charge >= 0.3 is 0 Å². The molecule has 0 amide bonds. The molecule has 18 heavy (non-hydrogen) atoms. The Kier molecular flexibility index (Phi) is 6.55. The van der Waals surface area contributed by atoms with Gasteiger partial charge in [-0.15, -0.1) is 0 Å². The fraction of sp³-hybridized carbons (Fsp3) is 0.429. The van der Waals surface area contributed by atoms with Crippen LogP contribution < -0.4 is 10.1 Å². The monoisotopic (exact) mass is 287 g/mol. The molecule has 0 saturated heterocycles. The maximum absolute atomic E-state index is 6.03. The second-order valence-corrected chi connectivity index (χ2v) is 5.13. The highest BCUT2D eigenvalue weighted by Gasteiger charge is 2.12. The van der Waals surface area contributed by atoms with Crippen molar-refractivity contribution in [1.82, 2.24) is 5.32 Å². The van der Waals surface area contributed by atoms with E-state index in [2.05, 4.69) is 25.7 Å². The van der Waals surface area contributed by atoms with Crippen LogP contribution in [0.25, 0.3) is 0 Å². The summed E-state index contributed by atoms with van der Waals surface area (Å²) in [6.07, 6.45) is 1.08. The quantitative estimate of drug-likeness (QED) is 0.795. The van der Waals surface area contributed by atoms with E-state index in [-0.39, 0.29) is 6.04 Å². The number of hydrogen-bond donors (Lipinski definition) is 1. The summed E-state index contributed by atoms with van der Waals surface area (Å²) in [7, 11) is 0. The highest BCUT2D eigenvalue weighted by Crippen LogP contribution is 2.28. The highest BCUT2D eigenvalue weighted by atomic mass is 35.5. The zero-order valence-corrected chi connectivity index (χ0v) is 12.3. The van der Waals surface area contributed by atoms with Crippen molar-refractivity contribution >= 4 is 23.2 Å². The molecule has 0 spiro atoms. The predicted octanol–water partition coefficient (Wildman–Crippen LogP) is 4.53. The van der Waals surface area contributed by atoms with Gasteiger partial charge in [0.2, 0.25) is 0 Å². The van der Waals surface area contributed by atoms with Crippen molar-refractivity contribution in [3.63, 3.8) is 0 Å². The molecule has 0 bridgehead atoms. The zero-order chi connectivity index (χ0) is 13.5. The van der Waals surface area contributed by atoms with Crippen LogP contribution in [0.3, 0.4) is 0 Å². The molecule has 0 radical (unpaired) electrons. The first kappa shape index (κ1) is 15.4. The summed E-state index contributed by atoms with van der Waals surface area (Å²) >= 11 is 11.7. The molecule has 1 aromatic carbocycles. The number of ether oxygens (including phenoxy) is 1. The van der Waals surface area contributed by atoms with Crippen LogP contribution in [-0.2, 0) is 0 Å². The average molecular weight is 288 g/mol. The van der Waals surface area contributed by atoms with Crippen LogP contribution in [0.2, 0.25) is 5.02 Å². The van der Waals surface area contributed by atoms with Gasteiger partial charge < -0.3 is 10.1 Å². The molecule has 0 fully saturated rings. The maximum atomic E-state index is 6.03. The van der Waals surface area contributed by atoms with Gasteiger partial charge in [-0.25, -0.2) is 0 Å². The third-order valence-electron chi connectivity index (χ3n) is 2.52. The third-order valence-corrected chi connectivity index (χ3v) is 2.87. The Morgan fingerprint density at radius 3 is 2.83 bits per heavy atom. The van der Waals surface area contributed by atoms with Crippen LogP contribution in [0.5, 0.6) is 5.75 Å². The van der Waals surface area contributed by atoms with Crippen molar-refractivity contribution in [2.75, 3.05) is 13.2 Å². The smallest absolute Gasteiger partial charge is 0.124 e. The molecule has 2 nitrogen and oxygen atoms in total. The molecule has 0 aliphatic carbocycles. The van der Waals surface area contributed by atoms with E-state index in [0.717, 1.165) is 24.3 Å². The van der Waals surface area contributed by atoms with E-state index in [9.17, 15) is 0 Å². The van der Waals surface area contributed by atoms with E-state index in [1.54, 1.807) is 0 Å². The Morgan fingerprint density at radius 1 is 1.50 bits per heavy atom. The van der Waals surface area contributed by atoms with Crippen LogP contribution in [0.1, 0.15) is 31.9 Å². The molecule has 100 valence electrons. The molecule has 0 aliphatic rings. The summed E-state index contributed by atoms with van der Waals surface area (Å²) in [4.78, 5) is 0. The van der Waals surface area contributed by atoms with E-state index in [1.807, 2.05) is 18.2 Å². The second kappa shape index (κ2) is 7.67. The maximum Gasteiger partial charge on any atom is 0.124 e. The summed E-state index contributed by atoms with van der Waals surface area (Å²) in [6.45, 7) is 9.09. The standard InChI is InChI=1S/C14H19Cl2NO/c1-4-7-17-11(3)13-8-12(16)5-6-14(13)18-9-10(2)15/h5-6,8,11,17H,2,4,7,9H2,1,3H3. The molecule has 0 aromatic heterocycles. The molecule has 0 aliphatic heterocycles. The largest absolute Gasteiger partial charge is 0.488 e. The van der Waals surface area contributed by atoms with Crippen LogP contribution >= 0.6 is 23.2 Å². The number of hydrogen-bond acceptors (Lipinski definition) is 2. The first-order valence-electron chi connectivity index (χ1n) is 6.03. The van der Waals surface area contributed by atoms with Crippen LogP contribution in [0.15, 0.2) is 29.8 Å². The Hall–Kier alpha value is -0.700. The van der Waals surface area contributed by atoms with E-state index in [0.29, 0.717) is 16.7 Å². The lowest BCUT2D eigenvalue weighted by Gasteiger charge is -2.18. The number of rotatable bonds is 7. The average Bonchev–Trinajstić information content (AvgIpc) is 2.34. The number of halogens is 2. The Labute approximate surface area is 119 Å². The van der Waals surface area contributed by atoms with Crippen molar-refractivity contribution in [3.05, 3.63) is 40.4 Å². The molecule has 1 unspecified atom stereocenters. The van der Waals surface area contributed by atoms with Gasteiger partial charge in [0.15, 0.2) is 0 Å². The van der Waals surface area contributed by atoms with Crippen LogP contribution in [-0.4, -0.2) is 13.2 Å². The molecular weight excluding hydrogens is 269 g/mol. The summed E-state index contributed by atoms with van der Waals surface area (Å²) < 4.78 is 5.62. The normalized spacial score (nSPS) is 12.2. The fourth-order valence-electron chi connectivity index (χ4n) is 1.62. The second-order valence-electron chi connectivity index (χ2n) is 4.16. The Bertz CT molecular complexity index is 407. The first-order chi connectivity index (χ1) is 8.54. The van der Waals surface area contributed by atoms with E-state index in [1.165, 1.54) is 0 Å². The number of nitrogens with one attached hydrogen (secondary N) is 1. The van der Waals surface area contributed by atoms with Crippen molar-refractivity contribution in [3.8, 4) is 5.75 Å². The Balaban J connectivity index is 2.84. The highest BCUT2D eigenvalue weighted by molar-refractivity contribution is 6.30. The topological polar surface area (TPSA) is 21.3 Å². The van der Waals surface area contributed by atoms with Gasteiger partial charge in [-0.2, -0.15) is 0 Å². The minimum absolute atomic E-state index is 0.183. The summed E-state index contributed by atoms with van der Waals surface area (Å²) in [5.41, 5.74) is 1.04. The fourth-order valence-corrected chi connectivity index (χ4v) is 1.85. The van der Waals surface area contributed by atoms with Crippen molar-refractivity contribution in [1.29, 1.82) is 0 Å². The minimum Gasteiger partial charge on any atom is -0.488 e. The summed E-state index contributed by atoms with van der Waals surface area (Å²) in [5.74, 6) is 0.789. The summed E-state index contributed by atoms with van der Waals surface area (Å²) in [6, 6.07) is 5.77. The lowest BCUT2D eigenvalue weighted by molar-refractivity contribution is 0.350. The Morgan fingerprint density at radius 2 is 2.22 bits per heavy atom. The van der Waals surface area contributed by atoms with Gasteiger partial charge in [0.1, 0.15) is 12.4 Å². The lowest BCUT2D eigenvalue weighted by Crippen LogP contribution is -2.20. The third kappa shape index (κ3) is 4.89. The summed E-state index contributed by atoms with van der Waals surface area (Å²) in [5, 5.41) is 4.59. The van der Waals surface area contributed by atoms with Gasteiger partial charge in [0.05, 0.1) is 0 Å². The molecular formula is C14H19Cl2NO. The predicted molar refractivity (Wildman–Crippen MR) is 78.6 cm³/mol. The van der Waals surface area contributed by atoms with E-state index >= 15 is 0 Å². The van der Waals surface area contributed by atoms with Gasteiger partial charge in [-0.05, 0) is 38.1 Å². The molecule has 1 N–H and O–H groups in total. The van der Waals surface area contributed by atoms with Gasteiger partial charge in [-0.1, -0.05) is 36.7 Å². The molecule has 1 aromatic rings. The van der Waals surface area contributed by atoms with Gasteiger partial charge in [0.25, 0.3) is 0 Å². The van der Waals surface area contributed by atoms with Crippen LogP contribution in [0, 0.1) is 0 Å². The van der Waals surface area contributed by atoms with Crippen molar-refractivity contribution in [2.45, 2.75) is 26.3 Å². The van der Waals surface area contributed by atoms with Crippen LogP contribution in [0.4, 0.5) is 0 Å². The number of benzene rings is 1. The zero-order valence-electron chi connectivity index (χ0n) is 10.8. The SMILES string of the molecule is C=C(Cl)COc1ccc(Cl)cc1C(C)NCCC. The first-order valence-corrected chi connectivity index (χ1v) is 6.79. The molecule has 0 saturated carbocycles. The van der Waals surface area contributed by atoms with Crippen molar-refractivity contribution in [2.24, 2.45) is 0 Å². The lowest BCUT2D eigenvalue weighted by atomic mass is 10.1. The van der Waals surface area contributed by atoms with E-state index in [4.69, 9.17) is 27.9 Å². The van der Waals surface area contributed by atoms with E-state index < -0.39 is 0 Å². The van der Waals surface area contributed by atoms with Gasteiger partial charge in [0, 0.05) is 21.7 Å². The minimum atomic E-state index is 0.183. The molecule has 0 heterocycles. The molecule has 4 heteroatoms. The molecule has 1 atom stereocenters. The van der Waals surface area contributed by atoms with Crippen molar-refractivity contribution < 1.29 is 4.74 Å².